The van der Waals surface area contributed by atoms with Gasteiger partial charge in [-0.3, -0.25) is 0 Å². The molecule has 2 aliphatic carbocycles. The molecule has 0 radical (unpaired) electrons. The lowest BCUT2D eigenvalue weighted by molar-refractivity contribution is 0.660. The van der Waals surface area contributed by atoms with E-state index in [1.165, 1.54) is 72.1 Å². The van der Waals surface area contributed by atoms with E-state index in [2.05, 4.69) is 154 Å². The smallest absolute Gasteiger partial charge is 0.0467 e. The van der Waals surface area contributed by atoms with Crippen molar-refractivity contribution in [2.24, 2.45) is 0 Å². The quantitative estimate of drug-likeness (QED) is 0.241. The summed E-state index contributed by atoms with van der Waals surface area (Å²) in [6, 6.07) is 44.7. The van der Waals surface area contributed by atoms with Gasteiger partial charge in [-0.15, -0.1) is 0 Å². The topological polar surface area (TPSA) is 12.0 Å². The van der Waals surface area contributed by atoms with E-state index in [1.54, 1.807) is 0 Å². The Labute approximate surface area is 242 Å². The third kappa shape index (κ3) is 3.36. The fraction of sp³-hybridized carbons (Fsp3) is 0.150. The largest absolute Gasteiger partial charge is 0.355 e. The minimum atomic E-state index is -0.122. The fourth-order valence-electron chi connectivity index (χ4n) is 7.53. The van der Waals surface area contributed by atoms with Crippen LogP contribution in [0.3, 0.4) is 0 Å². The highest BCUT2D eigenvalue weighted by Gasteiger charge is 2.38. The summed E-state index contributed by atoms with van der Waals surface area (Å²) in [5.41, 5.74) is 15.7. The first-order valence-electron chi connectivity index (χ1n) is 14.6. The molecular formula is C40H33N. The van der Waals surface area contributed by atoms with Crippen molar-refractivity contribution in [3.8, 4) is 33.4 Å². The lowest BCUT2D eigenvalue weighted by Gasteiger charge is -2.24. The Balaban J connectivity index is 1.27. The Kier molecular flexibility index (Phi) is 4.98. The van der Waals surface area contributed by atoms with E-state index >= 15 is 0 Å². The molecule has 6 aromatic rings. The molecule has 8 rings (SSSR count). The van der Waals surface area contributed by atoms with Crippen LogP contribution < -0.4 is 5.32 Å². The maximum atomic E-state index is 3.85. The summed E-state index contributed by atoms with van der Waals surface area (Å²) in [6.07, 6.45) is 0. The number of benzene rings is 6. The third-order valence-corrected chi connectivity index (χ3v) is 9.65. The minimum absolute atomic E-state index is 0.0112. The van der Waals surface area contributed by atoms with Gasteiger partial charge in [-0.25, -0.2) is 0 Å². The number of anilines is 2. The molecule has 0 heterocycles. The van der Waals surface area contributed by atoms with Crippen molar-refractivity contribution >= 4 is 22.1 Å². The van der Waals surface area contributed by atoms with Crippen LogP contribution in [0.25, 0.3) is 44.2 Å². The zero-order chi connectivity index (χ0) is 27.9. The van der Waals surface area contributed by atoms with E-state index in [-0.39, 0.29) is 10.8 Å². The molecule has 2 aliphatic rings. The van der Waals surface area contributed by atoms with Crippen molar-refractivity contribution in [3.63, 3.8) is 0 Å². The standard InChI is InChI=1S/C40H33N/c1-39(2)32-18-11-10-17-29(32)38-33(39)19-12-20-36(38)41-26-21-22-30-34(23-26)40(3,4)35-24-31(25-13-6-5-7-14-25)27-15-8-9-16-28(27)37(30)35/h5-24,41H,1-4H3. The average molecular weight is 528 g/mol. The number of nitrogens with one attached hydrogen (secondary N) is 1. The molecule has 41 heavy (non-hydrogen) atoms. The Morgan fingerprint density at radius 1 is 0.439 bits per heavy atom. The number of hydrogen-bond donors (Lipinski definition) is 1. The summed E-state index contributed by atoms with van der Waals surface area (Å²) >= 11 is 0. The van der Waals surface area contributed by atoms with Crippen LogP contribution in [0, 0.1) is 0 Å². The van der Waals surface area contributed by atoms with Gasteiger partial charge in [0.05, 0.1) is 0 Å². The van der Waals surface area contributed by atoms with Gasteiger partial charge < -0.3 is 5.32 Å². The molecule has 0 bridgehead atoms. The van der Waals surface area contributed by atoms with Crippen LogP contribution in [0.4, 0.5) is 11.4 Å². The van der Waals surface area contributed by atoms with Crippen molar-refractivity contribution in [3.05, 3.63) is 144 Å². The summed E-state index contributed by atoms with van der Waals surface area (Å²) < 4.78 is 0. The van der Waals surface area contributed by atoms with Gasteiger partial charge in [0.25, 0.3) is 0 Å². The monoisotopic (exact) mass is 527 g/mol. The molecule has 1 heteroatoms. The lowest BCUT2D eigenvalue weighted by Crippen LogP contribution is -2.15. The van der Waals surface area contributed by atoms with E-state index < -0.39 is 0 Å². The Morgan fingerprint density at radius 2 is 1.10 bits per heavy atom. The van der Waals surface area contributed by atoms with Crippen LogP contribution in [0.15, 0.2) is 121 Å². The highest BCUT2D eigenvalue weighted by atomic mass is 14.9. The second-order valence-corrected chi connectivity index (χ2v) is 12.7. The number of hydrogen-bond acceptors (Lipinski definition) is 1. The molecule has 6 aromatic carbocycles. The van der Waals surface area contributed by atoms with E-state index in [0.29, 0.717) is 0 Å². The SMILES string of the molecule is CC1(C)c2ccccc2-c2c(Nc3ccc4c(c3)C(C)(C)c3cc(-c5ccccc5)c5ccccc5c3-4)cccc21. The van der Waals surface area contributed by atoms with Gasteiger partial charge >= 0.3 is 0 Å². The Bertz CT molecular complexity index is 2010. The van der Waals surface area contributed by atoms with Crippen molar-refractivity contribution < 1.29 is 0 Å². The van der Waals surface area contributed by atoms with Crippen molar-refractivity contribution in [1.82, 2.24) is 0 Å². The number of fused-ring (bicyclic) bond motifs is 8. The summed E-state index contributed by atoms with van der Waals surface area (Å²) in [5, 5.41) is 6.49. The summed E-state index contributed by atoms with van der Waals surface area (Å²) in [6.45, 7) is 9.43. The molecule has 0 atom stereocenters. The molecule has 0 aliphatic heterocycles. The lowest BCUT2D eigenvalue weighted by atomic mass is 9.80. The summed E-state index contributed by atoms with van der Waals surface area (Å²) in [5.74, 6) is 0. The predicted octanol–water partition coefficient (Wildman–Crippen LogP) is 10.9. The second-order valence-electron chi connectivity index (χ2n) is 12.7. The molecular weight excluding hydrogens is 494 g/mol. The van der Waals surface area contributed by atoms with Gasteiger partial charge in [0.15, 0.2) is 0 Å². The van der Waals surface area contributed by atoms with Crippen LogP contribution >= 0.6 is 0 Å². The van der Waals surface area contributed by atoms with Crippen molar-refractivity contribution in [2.75, 3.05) is 5.32 Å². The third-order valence-electron chi connectivity index (χ3n) is 9.65. The van der Waals surface area contributed by atoms with Crippen LogP contribution in [-0.2, 0) is 10.8 Å². The van der Waals surface area contributed by atoms with Crippen LogP contribution in [0.5, 0.6) is 0 Å². The van der Waals surface area contributed by atoms with E-state index in [1.807, 2.05) is 0 Å². The predicted molar refractivity (Wildman–Crippen MR) is 174 cm³/mol. The van der Waals surface area contributed by atoms with Crippen LogP contribution in [0.2, 0.25) is 0 Å². The molecule has 0 fully saturated rings. The first kappa shape index (κ1) is 24.2. The first-order chi connectivity index (χ1) is 19.9. The average Bonchev–Trinajstić information content (AvgIpc) is 3.37. The van der Waals surface area contributed by atoms with Crippen LogP contribution in [0.1, 0.15) is 49.9 Å². The second kappa shape index (κ2) is 8.44. The van der Waals surface area contributed by atoms with E-state index in [4.69, 9.17) is 0 Å². The maximum absolute atomic E-state index is 3.85. The molecule has 198 valence electrons. The fourth-order valence-corrected chi connectivity index (χ4v) is 7.53. The molecule has 0 unspecified atom stereocenters. The molecule has 0 amide bonds. The van der Waals surface area contributed by atoms with Gasteiger partial charge in [-0.05, 0) is 85.1 Å². The summed E-state index contributed by atoms with van der Waals surface area (Å²) in [4.78, 5) is 0. The minimum Gasteiger partial charge on any atom is -0.355 e. The molecule has 1 N–H and O–H groups in total. The maximum Gasteiger partial charge on any atom is 0.0467 e. The Hall–Kier alpha value is -4.62. The normalized spacial score (nSPS) is 15.2. The molecule has 0 saturated heterocycles. The highest BCUT2D eigenvalue weighted by molar-refractivity contribution is 6.09. The molecule has 0 spiro atoms. The van der Waals surface area contributed by atoms with E-state index in [9.17, 15) is 0 Å². The highest BCUT2D eigenvalue weighted by Crippen LogP contribution is 2.55. The van der Waals surface area contributed by atoms with Crippen molar-refractivity contribution in [2.45, 2.75) is 38.5 Å². The van der Waals surface area contributed by atoms with Gasteiger partial charge in [0, 0.05) is 27.8 Å². The number of rotatable bonds is 3. The Morgan fingerprint density at radius 3 is 1.93 bits per heavy atom. The van der Waals surface area contributed by atoms with Gasteiger partial charge in [0.2, 0.25) is 0 Å². The molecule has 0 aromatic heterocycles. The van der Waals surface area contributed by atoms with Gasteiger partial charge in [-0.1, -0.05) is 125 Å². The zero-order valence-corrected chi connectivity index (χ0v) is 24.0. The van der Waals surface area contributed by atoms with E-state index in [0.717, 1.165) is 5.69 Å². The summed E-state index contributed by atoms with van der Waals surface area (Å²) in [7, 11) is 0. The van der Waals surface area contributed by atoms with Crippen LogP contribution in [-0.4, -0.2) is 0 Å². The zero-order valence-electron chi connectivity index (χ0n) is 24.0. The molecule has 0 saturated carbocycles. The van der Waals surface area contributed by atoms with Crippen molar-refractivity contribution in [1.29, 1.82) is 0 Å². The van der Waals surface area contributed by atoms with Gasteiger partial charge in [0.1, 0.15) is 0 Å². The first-order valence-corrected chi connectivity index (χ1v) is 14.6. The van der Waals surface area contributed by atoms with Gasteiger partial charge in [-0.2, -0.15) is 0 Å². The molecule has 1 nitrogen and oxygen atoms in total.